The van der Waals surface area contributed by atoms with Crippen molar-refractivity contribution in [1.82, 2.24) is 5.32 Å². The Balaban J connectivity index is 1.90. The van der Waals surface area contributed by atoms with E-state index >= 15 is 0 Å². The first-order chi connectivity index (χ1) is 9.16. The third-order valence-corrected chi connectivity index (χ3v) is 4.10. The predicted octanol–water partition coefficient (Wildman–Crippen LogP) is 2.43. The van der Waals surface area contributed by atoms with Gasteiger partial charge in [-0.2, -0.15) is 11.8 Å². The molecule has 1 amide bonds. The van der Waals surface area contributed by atoms with E-state index in [9.17, 15) is 4.79 Å². The number of carbonyl (C=O) groups excluding carboxylic acids is 1. The maximum Gasteiger partial charge on any atom is 0.246 e. The van der Waals surface area contributed by atoms with Crippen LogP contribution in [0.3, 0.4) is 0 Å². The first kappa shape index (κ1) is 14.0. The summed E-state index contributed by atoms with van der Waals surface area (Å²) >= 11 is 2.01. The summed E-state index contributed by atoms with van der Waals surface area (Å²) in [5.41, 5.74) is 2.93. The third kappa shape index (κ3) is 4.03. The fourth-order valence-electron chi connectivity index (χ4n) is 1.98. The average Bonchev–Trinajstić information content (AvgIpc) is 2.46. The molecule has 1 heterocycles. The van der Waals surface area contributed by atoms with Crippen molar-refractivity contribution >= 4 is 23.4 Å². The normalized spacial score (nSPS) is 15.1. The quantitative estimate of drug-likeness (QED) is 0.857. The van der Waals surface area contributed by atoms with Gasteiger partial charge in [0.15, 0.2) is 0 Å². The lowest BCUT2D eigenvalue weighted by molar-refractivity contribution is -0.117. The van der Waals surface area contributed by atoms with Crippen molar-refractivity contribution < 1.29 is 4.79 Å². The summed E-state index contributed by atoms with van der Waals surface area (Å²) in [6, 6.07) is 8.43. The third-order valence-electron chi connectivity index (χ3n) is 3.15. The molecule has 0 bridgehead atoms. The van der Waals surface area contributed by atoms with E-state index in [-0.39, 0.29) is 5.91 Å². The van der Waals surface area contributed by atoms with E-state index in [1.54, 1.807) is 6.92 Å². The molecule has 102 valence electrons. The second kappa shape index (κ2) is 6.66. The minimum absolute atomic E-state index is 0.0860. The SMILES string of the molecule is C=C(C)C(=O)NCc1ccc(N2CCSCC2)cc1. The summed E-state index contributed by atoms with van der Waals surface area (Å²) in [6.07, 6.45) is 0. The summed E-state index contributed by atoms with van der Waals surface area (Å²) in [4.78, 5) is 13.8. The first-order valence-electron chi connectivity index (χ1n) is 6.52. The molecule has 0 aliphatic carbocycles. The van der Waals surface area contributed by atoms with Crippen LogP contribution in [0.4, 0.5) is 5.69 Å². The molecule has 0 radical (unpaired) electrons. The van der Waals surface area contributed by atoms with E-state index in [0.717, 1.165) is 18.7 Å². The highest BCUT2D eigenvalue weighted by molar-refractivity contribution is 7.99. The number of anilines is 1. The summed E-state index contributed by atoms with van der Waals surface area (Å²) in [5, 5.41) is 2.84. The van der Waals surface area contributed by atoms with Crippen molar-refractivity contribution in [1.29, 1.82) is 0 Å². The average molecular weight is 276 g/mol. The van der Waals surface area contributed by atoms with E-state index in [1.165, 1.54) is 17.2 Å². The van der Waals surface area contributed by atoms with E-state index in [2.05, 4.69) is 41.1 Å². The topological polar surface area (TPSA) is 32.3 Å². The van der Waals surface area contributed by atoms with Gasteiger partial charge in [0.05, 0.1) is 0 Å². The lowest BCUT2D eigenvalue weighted by atomic mass is 10.2. The van der Waals surface area contributed by atoms with Crippen LogP contribution in [-0.4, -0.2) is 30.5 Å². The van der Waals surface area contributed by atoms with E-state index < -0.39 is 0 Å². The molecule has 4 heteroatoms. The fraction of sp³-hybridized carbons (Fsp3) is 0.400. The van der Waals surface area contributed by atoms with Gasteiger partial charge in [0.1, 0.15) is 0 Å². The summed E-state index contributed by atoms with van der Waals surface area (Å²) in [5.74, 6) is 2.32. The summed E-state index contributed by atoms with van der Waals surface area (Å²) in [6.45, 7) is 8.14. The molecule has 1 aliphatic rings. The fourth-order valence-corrected chi connectivity index (χ4v) is 2.88. The van der Waals surface area contributed by atoms with Crippen LogP contribution in [0.1, 0.15) is 12.5 Å². The zero-order chi connectivity index (χ0) is 13.7. The molecule has 3 nitrogen and oxygen atoms in total. The molecule has 19 heavy (non-hydrogen) atoms. The van der Waals surface area contributed by atoms with E-state index in [1.807, 2.05) is 11.8 Å². The van der Waals surface area contributed by atoms with Gasteiger partial charge in [-0.05, 0) is 24.6 Å². The molecule has 0 saturated carbocycles. The highest BCUT2D eigenvalue weighted by Gasteiger charge is 2.10. The number of thioether (sulfide) groups is 1. The Labute approximate surface area is 119 Å². The zero-order valence-corrected chi connectivity index (χ0v) is 12.1. The van der Waals surface area contributed by atoms with Crippen molar-refractivity contribution in [3.8, 4) is 0 Å². The molecule has 1 aromatic rings. The maximum absolute atomic E-state index is 11.4. The Kier molecular flexibility index (Phi) is 4.91. The number of nitrogens with one attached hydrogen (secondary N) is 1. The van der Waals surface area contributed by atoms with Crippen LogP contribution >= 0.6 is 11.8 Å². The van der Waals surface area contributed by atoms with E-state index in [4.69, 9.17) is 0 Å². The van der Waals surface area contributed by atoms with Gasteiger partial charge >= 0.3 is 0 Å². The van der Waals surface area contributed by atoms with Crippen molar-refractivity contribution in [2.24, 2.45) is 0 Å². The number of hydrogen-bond acceptors (Lipinski definition) is 3. The van der Waals surface area contributed by atoms with E-state index in [0.29, 0.717) is 12.1 Å². The number of hydrogen-bond donors (Lipinski definition) is 1. The smallest absolute Gasteiger partial charge is 0.246 e. The van der Waals surface area contributed by atoms with Gasteiger partial charge in [0.2, 0.25) is 5.91 Å². The van der Waals surface area contributed by atoms with Gasteiger partial charge in [0, 0.05) is 42.4 Å². The van der Waals surface area contributed by atoms with Crippen LogP contribution in [0.5, 0.6) is 0 Å². The Hall–Kier alpha value is -1.42. The lowest BCUT2D eigenvalue weighted by Crippen LogP contribution is -2.32. The van der Waals surface area contributed by atoms with Crippen LogP contribution in [-0.2, 0) is 11.3 Å². The molecule has 1 saturated heterocycles. The monoisotopic (exact) mass is 276 g/mol. The Bertz CT molecular complexity index is 450. The van der Waals surface area contributed by atoms with Crippen molar-refractivity contribution in [3.05, 3.63) is 42.0 Å². The Morgan fingerprint density at radius 3 is 2.53 bits per heavy atom. The maximum atomic E-state index is 11.4. The van der Waals surface area contributed by atoms with Crippen molar-refractivity contribution in [2.75, 3.05) is 29.5 Å². The standard InChI is InChI=1S/C15H20N2OS/c1-12(2)15(18)16-11-13-3-5-14(6-4-13)17-7-9-19-10-8-17/h3-6H,1,7-11H2,2H3,(H,16,18). The minimum atomic E-state index is -0.0860. The number of carbonyl (C=O) groups is 1. The Morgan fingerprint density at radius 1 is 1.32 bits per heavy atom. The van der Waals surface area contributed by atoms with Crippen LogP contribution in [0, 0.1) is 0 Å². The first-order valence-corrected chi connectivity index (χ1v) is 7.67. The summed E-state index contributed by atoms with van der Waals surface area (Å²) < 4.78 is 0. The van der Waals surface area contributed by atoms with Gasteiger partial charge in [-0.1, -0.05) is 18.7 Å². The number of benzene rings is 1. The minimum Gasteiger partial charge on any atom is -0.370 e. The number of amides is 1. The van der Waals surface area contributed by atoms with Crippen molar-refractivity contribution in [3.63, 3.8) is 0 Å². The van der Waals surface area contributed by atoms with Crippen molar-refractivity contribution in [2.45, 2.75) is 13.5 Å². The molecule has 0 aromatic heterocycles. The molecule has 0 spiro atoms. The highest BCUT2D eigenvalue weighted by Crippen LogP contribution is 2.19. The van der Waals surface area contributed by atoms with Crippen LogP contribution in [0.25, 0.3) is 0 Å². The number of nitrogens with zero attached hydrogens (tertiary/aromatic N) is 1. The molecule has 1 fully saturated rings. The van der Waals surface area contributed by atoms with Crippen LogP contribution < -0.4 is 10.2 Å². The molecule has 0 atom stereocenters. The van der Waals surface area contributed by atoms with Gasteiger partial charge in [-0.25, -0.2) is 0 Å². The second-order valence-corrected chi connectivity index (χ2v) is 5.95. The molecule has 1 aromatic carbocycles. The Morgan fingerprint density at radius 2 is 1.95 bits per heavy atom. The predicted molar refractivity (Wildman–Crippen MR) is 82.6 cm³/mol. The second-order valence-electron chi connectivity index (χ2n) is 4.73. The van der Waals surface area contributed by atoms with Crippen LogP contribution in [0.15, 0.2) is 36.4 Å². The van der Waals surface area contributed by atoms with Gasteiger partial charge in [0.25, 0.3) is 0 Å². The highest BCUT2D eigenvalue weighted by atomic mass is 32.2. The van der Waals surface area contributed by atoms with Gasteiger partial charge < -0.3 is 10.2 Å². The number of rotatable bonds is 4. The summed E-state index contributed by atoms with van der Waals surface area (Å²) in [7, 11) is 0. The lowest BCUT2D eigenvalue weighted by Gasteiger charge is -2.28. The largest absolute Gasteiger partial charge is 0.370 e. The molecule has 1 aliphatic heterocycles. The molecular weight excluding hydrogens is 256 g/mol. The molecule has 0 unspecified atom stereocenters. The molecule has 2 rings (SSSR count). The van der Waals surface area contributed by atoms with Crippen LogP contribution in [0.2, 0.25) is 0 Å². The zero-order valence-electron chi connectivity index (χ0n) is 11.3. The van der Waals surface area contributed by atoms with Gasteiger partial charge in [-0.3, -0.25) is 4.79 Å². The van der Waals surface area contributed by atoms with Gasteiger partial charge in [-0.15, -0.1) is 0 Å². The molecule has 1 N–H and O–H groups in total. The molecular formula is C15H20N2OS.